The molecule has 0 amide bonds. The molecule has 0 saturated heterocycles. The van der Waals surface area contributed by atoms with Crippen molar-refractivity contribution >= 4 is 16.6 Å². The maximum atomic E-state index is 11.7. The van der Waals surface area contributed by atoms with Gasteiger partial charge in [0.25, 0.3) is 5.56 Å². The van der Waals surface area contributed by atoms with Gasteiger partial charge in [0, 0.05) is 11.1 Å². The van der Waals surface area contributed by atoms with Gasteiger partial charge >= 0.3 is 0 Å². The number of hydrogen-bond acceptors (Lipinski definition) is 4. The number of rotatable bonds is 2. The molecule has 1 aromatic heterocycles. The molecule has 0 aliphatic carbocycles. The molecule has 1 aromatic carbocycles. The summed E-state index contributed by atoms with van der Waals surface area (Å²) in [6.45, 7) is 3.57. The number of ether oxygens (including phenoxy) is 1. The zero-order valence-corrected chi connectivity index (χ0v) is 9.65. The van der Waals surface area contributed by atoms with Gasteiger partial charge in [-0.15, -0.1) is 0 Å². The summed E-state index contributed by atoms with van der Waals surface area (Å²) in [4.78, 5) is 14.3. The topological polar surface area (TPSA) is 88.3 Å². The standard InChI is InChI=1S/C12H14N2O3/c1-6(2)17-11-10(15)8-4-3-7(13)5-9(8)14-12(11)16/h3-6H,13H2,1-2H3,(H2,14,15,16). The van der Waals surface area contributed by atoms with Crippen LogP contribution in [-0.2, 0) is 0 Å². The lowest BCUT2D eigenvalue weighted by Crippen LogP contribution is -2.16. The van der Waals surface area contributed by atoms with Gasteiger partial charge in [-0.25, -0.2) is 0 Å². The van der Waals surface area contributed by atoms with Crippen molar-refractivity contribution in [2.45, 2.75) is 20.0 Å². The van der Waals surface area contributed by atoms with Crippen molar-refractivity contribution in [3.8, 4) is 11.5 Å². The smallest absolute Gasteiger partial charge is 0.294 e. The molecule has 0 fully saturated rings. The van der Waals surface area contributed by atoms with Crippen molar-refractivity contribution in [1.29, 1.82) is 0 Å². The molecule has 0 bridgehead atoms. The molecule has 1 heterocycles. The molecule has 5 heteroatoms. The minimum Gasteiger partial charge on any atom is -0.504 e. The van der Waals surface area contributed by atoms with E-state index in [9.17, 15) is 9.90 Å². The molecule has 17 heavy (non-hydrogen) atoms. The summed E-state index contributed by atoms with van der Waals surface area (Å²) >= 11 is 0. The van der Waals surface area contributed by atoms with E-state index < -0.39 is 5.56 Å². The Morgan fingerprint density at radius 1 is 1.41 bits per heavy atom. The fourth-order valence-corrected chi connectivity index (χ4v) is 1.63. The third-order valence-corrected chi connectivity index (χ3v) is 2.32. The van der Waals surface area contributed by atoms with E-state index in [0.717, 1.165) is 0 Å². The van der Waals surface area contributed by atoms with Gasteiger partial charge in [0.2, 0.25) is 5.75 Å². The largest absolute Gasteiger partial charge is 0.504 e. The first-order valence-electron chi connectivity index (χ1n) is 5.30. The van der Waals surface area contributed by atoms with E-state index in [1.54, 1.807) is 32.0 Å². The Labute approximate surface area is 97.8 Å². The van der Waals surface area contributed by atoms with Crippen molar-refractivity contribution in [2.75, 3.05) is 5.73 Å². The van der Waals surface area contributed by atoms with E-state index in [0.29, 0.717) is 16.6 Å². The molecule has 0 atom stereocenters. The van der Waals surface area contributed by atoms with Gasteiger partial charge in [-0.1, -0.05) is 0 Å². The van der Waals surface area contributed by atoms with E-state index in [-0.39, 0.29) is 17.6 Å². The van der Waals surface area contributed by atoms with Crippen LogP contribution in [0.15, 0.2) is 23.0 Å². The van der Waals surface area contributed by atoms with E-state index in [2.05, 4.69) is 4.98 Å². The highest BCUT2D eigenvalue weighted by Gasteiger charge is 2.14. The summed E-state index contributed by atoms with van der Waals surface area (Å²) in [6.07, 6.45) is -0.187. The maximum absolute atomic E-state index is 11.7. The molecule has 90 valence electrons. The third kappa shape index (κ3) is 2.04. The number of H-pyrrole nitrogens is 1. The Kier molecular flexibility index (Phi) is 2.67. The molecular weight excluding hydrogens is 220 g/mol. The zero-order valence-electron chi connectivity index (χ0n) is 9.65. The lowest BCUT2D eigenvalue weighted by molar-refractivity contribution is 0.229. The van der Waals surface area contributed by atoms with Gasteiger partial charge in [-0.2, -0.15) is 0 Å². The van der Waals surface area contributed by atoms with E-state index in [1.807, 2.05) is 0 Å². The number of nitrogens with one attached hydrogen (secondary N) is 1. The number of nitrogen functional groups attached to an aromatic ring is 1. The fourth-order valence-electron chi connectivity index (χ4n) is 1.63. The number of fused-ring (bicyclic) bond motifs is 1. The zero-order chi connectivity index (χ0) is 12.6. The molecule has 0 saturated carbocycles. The van der Waals surface area contributed by atoms with E-state index in [1.165, 1.54) is 0 Å². The molecule has 5 nitrogen and oxygen atoms in total. The SMILES string of the molecule is CC(C)Oc1c(O)c2ccc(N)cc2[nH]c1=O. The minimum atomic E-state index is -0.464. The second kappa shape index (κ2) is 4.01. The van der Waals surface area contributed by atoms with Gasteiger partial charge in [0.15, 0.2) is 5.75 Å². The number of nitrogens with two attached hydrogens (primary N) is 1. The summed E-state index contributed by atoms with van der Waals surface area (Å²) in [5.41, 5.74) is 6.15. The number of aromatic hydroxyl groups is 1. The van der Waals surface area contributed by atoms with Crippen LogP contribution in [0.4, 0.5) is 5.69 Å². The quantitative estimate of drug-likeness (QED) is 0.689. The van der Waals surface area contributed by atoms with Crippen LogP contribution in [0.3, 0.4) is 0 Å². The van der Waals surface area contributed by atoms with Crippen LogP contribution < -0.4 is 16.0 Å². The van der Waals surface area contributed by atoms with Crippen LogP contribution >= 0.6 is 0 Å². The Morgan fingerprint density at radius 3 is 2.76 bits per heavy atom. The number of aromatic amines is 1. The van der Waals surface area contributed by atoms with Gasteiger partial charge in [-0.3, -0.25) is 4.79 Å². The van der Waals surface area contributed by atoms with E-state index >= 15 is 0 Å². The van der Waals surface area contributed by atoms with Crippen molar-refractivity contribution in [2.24, 2.45) is 0 Å². The van der Waals surface area contributed by atoms with Gasteiger partial charge in [-0.05, 0) is 32.0 Å². The van der Waals surface area contributed by atoms with Crippen LogP contribution in [0.2, 0.25) is 0 Å². The Balaban J connectivity index is 2.72. The molecule has 0 radical (unpaired) electrons. The monoisotopic (exact) mass is 234 g/mol. The number of hydrogen-bond donors (Lipinski definition) is 3. The molecule has 0 spiro atoms. The predicted molar refractivity (Wildman–Crippen MR) is 66.4 cm³/mol. The summed E-state index contributed by atoms with van der Waals surface area (Å²) in [5.74, 6) is -0.213. The molecule has 2 aromatic rings. The average Bonchev–Trinajstić information content (AvgIpc) is 2.23. The molecule has 2 rings (SSSR count). The minimum absolute atomic E-state index is 0.0581. The number of anilines is 1. The highest BCUT2D eigenvalue weighted by Crippen LogP contribution is 2.31. The van der Waals surface area contributed by atoms with Crippen LogP contribution in [-0.4, -0.2) is 16.2 Å². The van der Waals surface area contributed by atoms with Crippen LogP contribution in [0.5, 0.6) is 11.5 Å². The van der Waals surface area contributed by atoms with Crippen LogP contribution in [0.25, 0.3) is 10.9 Å². The van der Waals surface area contributed by atoms with Crippen molar-refractivity contribution < 1.29 is 9.84 Å². The average molecular weight is 234 g/mol. The summed E-state index contributed by atoms with van der Waals surface area (Å²) < 4.78 is 5.29. The Morgan fingerprint density at radius 2 is 2.12 bits per heavy atom. The van der Waals surface area contributed by atoms with Crippen molar-refractivity contribution in [3.63, 3.8) is 0 Å². The molecule has 0 aliphatic rings. The first-order valence-corrected chi connectivity index (χ1v) is 5.30. The number of pyridine rings is 1. The number of aromatic nitrogens is 1. The number of benzene rings is 1. The molecule has 0 unspecified atom stereocenters. The lowest BCUT2D eigenvalue weighted by atomic mass is 10.2. The molecular formula is C12H14N2O3. The normalized spacial score (nSPS) is 11.0. The summed E-state index contributed by atoms with van der Waals surface area (Å²) in [5, 5.41) is 10.5. The highest BCUT2D eigenvalue weighted by molar-refractivity contribution is 5.88. The van der Waals surface area contributed by atoms with Crippen LogP contribution in [0.1, 0.15) is 13.8 Å². The second-order valence-electron chi connectivity index (χ2n) is 4.10. The lowest BCUT2D eigenvalue weighted by Gasteiger charge is -2.11. The first kappa shape index (κ1) is 11.3. The highest BCUT2D eigenvalue weighted by atomic mass is 16.5. The van der Waals surface area contributed by atoms with E-state index in [4.69, 9.17) is 10.5 Å². The summed E-state index contributed by atoms with van der Waals surface area (Å²) in [7, 11) is 0. The molecule has 0 aliphatic heterocycles. The van der Waals surface area contributed by atoms with Gasteiger partial charge < -0.3 is 20.6 Å². The van der Waals surface area contributed by atoms with Gasteiger partial charge in [0.05, 0.1) is 11.6 Å². The Hall–Kier alpha value is -2.17. The predicted octanol–water partition coefficient (Wildman–Crippen LogP) is 1.60. The third-order valence-electron chi connectivity index (χ3n) is 2.32. The molecule has 4 N–H and O–H groups in total. The summed E-state index contributed by atoms with van der Waals surface area (Å²) in [6, 6.07) is 4.89. The fraction of sp³-hybridized carbons (Fsp3) is 0.250. The van der Waals surface area contributed by atoms with Crippen LogP contribution in [0, 0.1) is 0 Å². The van der Waals surface area contributed by atoms with Crippen molar-refractivity contribution in [1.82, 2.24) is 4.98 Å². The maximum Gasteiger partial charge on any atom is 0.294 e. The van der Waals surface area contributed by atoms with Gasteiger partial charge in [0.1, 0.15) is 0 Å². The first-order chi connectivity index (χ1) is 7.99. The second-order valence-corrected chi connectivity index (χ2v) is 4.10. The van der Waals surface area contributed by atoms with Crippen molar-refractivity contribution in [3.05, 3.63) is 28.6 Å². The Bertz CT molecular complexity index is 617.